The van der Waals surface area contributed by atoms with Gasteiger partial charge in [-0.15, -0.1) is 0 Å². The maximum absolute atomic E-state index is 12.2. The zero-order valence-corrected chi connectivity index (χ0v) is 19.5. The Labute approximate surface area is 184 Å². The zero-order chi connectivity index (χ0) is 23.6. The lowest BCUT2D eigenvalue weighted by Crippen LogP contribution is -2.41. The summed E-state index contributed by atoms with van der Waals surface area (Å²) in [6, 6.07) is 4.66. The van der Waals surface area contributed by atoms with Gasteiger partial charge in [-0.05, 0) is 77.7 Å². The first kappa shape index (κ1) is 24.8. The van der Waals surface area contributed by atoms with E-state index < -0.39 is 36.0 Å². The van der Waals surface area contributed by atoms with Crippen LogP contribution < -0.4 is 10.1 Å². The summed E-state index contributed by atoms with van der Waals surface area (Å²) in [4.78, 5) is 23.9. The quantitative estimate of drug-likeness (QED) is 0.655. The highest BCUT2D eigenvalue weighted by molar-refractivity contribution is 6.56. The number of rotatable bonds is 6. The minimum absolute atomic E-state index is 0.0437. The summed E-state index contributed by atoms with van der Waals surface area (Å²) in [5.74, 6) is -0.577. The molecule has 1 aromatic rings. The van der Waals surface area contributed by atoms with E-state index in [1.807, 2.05) is 27.7 Å². The Hall–Kier alpha value is -2.52. The van der Waals surface area contributed by atoms with Gasteiger partial charge >= 0.3 is 19.2 Å². The molecule has 1 heterocycles. The van der Waals surface area contributed by atoms with E-state index in [9.17, 15) is 14.7 Å². The summed E-state index contributed by atoms with van der Waals surface area (Å²) in [5.41, 5.74) is -0.823. The van der Waals surface area contributed by atoms with Crippen LogP contribution in [0.5, 0.6) is 5.75 Å². The van der Waals surface area contributed by atoms with Gasteiger partial charge in [-0.2, -0.15) is 0 Å². The number of carboxylic acid groups (broad SMARTS) is 1. The summed E-state index contributed by atoms with van der Waals surface area (Å²) in [6.07, 6.45) is 1.05. The molecule has 0 unspecified atom stereocenters. The van der Waals surface area contributed by atoms with Crippen molar-refractivity contribution in [2.75, 3.05) is 13.7 Å². The molecule has 2 rings (SSSR count). The molecule has 9 heteroatoms. The first-order valence-corrected chi connectivity index (χ1v) is 10.1. The van der Waals surface area contributed by atoms with Crippen molar-refractivity contribution in [1.29, 1.82) is 0 Å². The summed E-state index contributed by atoms with van der Waals surface area (Å²) in [5, 5.41) is 12.3. The van der Waals surface area contributed by atoms with E-state index in [-0.39, 0.29) is 12.1 Å². The van der Waals surface area contributed by atoms with Crippen molar-refractivity contribution < 1.29 is 33.5 Å². The second kappa shape index (κ2) is 8.92. The number of carboxylic acids is 1. The van der Waals surface area contributed by atoms with Crippen LogP contribution in [-0.2, 0) is 14.0 Å². The van der Waals surface area contributed by atoms with Crippen LogP contribution in [0.3, 0.4) is 0 Å². The molecule has 1 saturated heterocycles. The van der Waals surface area contributed by atoms with Gasteiger partial charge in [0.05, 0.1) is 23.9 Å². The number of carbonyl (C=O) groups excluding carboxylic acids is 1. The third-order valence-corrected chi connectivity index (χ3v) is 5.22. The first-order valence-electron chi connectivity index (χ1n) is 10.1. The number of ether oxygens (including phenoxy) is 2. The smallest absolute Gasteiger partial charge is 0.492 e. The number of hydrogen-bond donors (Lipinski definition) is 2. The van der Waals surface area contributed by atoms with E-state index >= 15 is 0 Å². The third kappa shape index (κ3) is 6.24. The van der Waals surface area contributed by atoms with Gasteiger partial charge in [0.1, 0.15) is 11.4 Å². The van der Waals surface area contributed by atoms with E-state index in [1.54, 1.807) is 39.0 Å². The van der Waals surface area contributed by atoms with Crippen molar-refractivity contribution in [3.63, 3.8) is 0 Å². The number of nitrogens with one attached hydrogen (secondary N) is 1. The Morgan fingerprint density at radius 2 is 1.74 bits per heavy atom. The minimum Gasteiger partial charge on any atom is -0.497 e. The van der Waals surface area contributed by atoms with Crippen molar-refractivity contribution in [2.45, 2.75) is 65.3 Å². The number of amides is 1. The maximum atomic E-state index is 12.2. The molecular formula is C22H32BNO7. The van der Waals surface area contributed by atoms with Gasteiger partial charge in [0.25, 0.3) is 0 Å². The average molecular weight is 433 g/mol. The van der Waals surface area contributed by atoms with Gasteiger partial charge in [-0.1, -0.05) is 6.08 Å². The fourth-order valence-corrected chi connectivity index (χ4v) is 2.87. The molecule has 170 valence electrons. The SMILES string of the molecule is COc1ccc(C(=O)O)c(C=C(CNC(=O)OC(C)(C)C)B2OC(C)(C)C(C)(C)O2)c1. The van der Waals surface area contributed by atoms with Crippen LogP contribution in [0.2, 0.25) is 0 Å². The van der Waals surface area contributed by atoms with Crippen molar-refractivity contribution in [3.05, 3.63) is 34.8 Å². The molecule has 0 bridgehead atoms. The largest absolute Gasteiger partial charge is 0.497 e. The number of benzene rings is 1. The topological polar surface area (TPSA) is 103 Å². The summed E-state index contributed by atoms with van der Waals surface area (Å²) < 4.78 is 22.8. The van der Waals surface area contributed by atoms with Crippen LogP contribution in [0.25, 0.3) is 6.08 Å². The van der Waals surface area contributed by atoms with E-state index in [2.05, 4.69) is 5.32 Å². The van der Waals surface area contributed by atoms with Crippen molar-refractivity contribution >= 4 is 25.3 Å². The lowest BCUT2D eigenvalue weighted by Gasteiger charge is -2.32. The second-order valence-electron chi connectivity index (χ2n) is 9.42. The number of carbonyl (C=O) groups is 2. The van der Waals surface area contributed by atoms with Crippen molar-refractivity contribution in [2.24, 2.45) is 0 Å². The van der Waals surface area contributed by atoms with E-state index in [0.717, 1.165) is 0 Å². The van der Waals surface area contributed by atoms with E-state index in [1.165, 1.54) is 13.2 Å². The lowest BCUT2D eigenvalue weighted by atomic mass is 9.76. The molecule has 31 heavy (non-hydrogen) atoms. The first-order chi connectivity index (χ1) is 14.1. The summed E-state index contributed by atoms with van der Waals surface area (Å²) in [7, 11) is 0.718. The summed E-state index contributed by atoms with van der Waals surface area (Å²) >= 11 is 0. The molecule has 0 atom stereocenters. The molecule has 8 nitrogen and oxygen atoms in total. The maximum Gasteiger partial charge on any atom is 0.492 e. The molecule has 0 aromatic heterocycles. The van der Waals surface area contributed by atoms with Gasteiger partial charge in [0, 0.05) is 6.54 Å². The van der Waals surface area contributed by atoms with Crippen LogP contribution in [-0.4, -0.2) is 54.7 Å². The Bertz CT molecular complexity index is 855. The van der Waals surface area contributed by atoms with Crippen LogP contribution in [0.1, 0.15) is 64.4 Å². The van der Waals surface area contributed by atoms with Crippen LogP contribution in [0.4, 0.5) is 4.79 Å². The fraction of sp³-hybridized carbons (Fsp3) is 0.545. The molecule has 0 aliphatic carbocycles. The zero-order valence-electron chi connectivity index (χ0n) is 19.5. The predicted molar refractivity (Wildman–Crippen MR) is 118 cm³/mol. The van der Waals surface area contributed by atoms with Gasteiger partial charge in [0.15, 0.2) is 0 Å². The van der Waals surface area contributed by atoms with Gasteiger partial charge in [-0.25, -0.2) is 9.59 Å². The molecule has 0 saturated carbocycles. The van der Waals surface area contributed by atoms with Crippen molar-refractivity contribution in [3.8, 4) is 5.75 Å². The van der Waals surface area contributed by atoms with Crippen LogP contribution >= 0.6 is 0 Å². The molecule has 0 spiro atoms. The normalized spacial score (nSPS) is 17.9. The van der Waals surface area contributed by atoms with E-state index in [0.29, 0.717) is 16.8 Å². The molecular weight excluding hydrogens is 401 g/mol. The summed E-state index contributed by atoms with van der Waals surface area (Å²) in [6.45, 7) is 13.0. The number of aromatic carboxylic acids is 1. The average Bonchev–Trinajstić information content (AvgIpc) is 2.84. The highest BCUT2D eigenvalue weighted by Crippen LogP contribution is 2.39. The molecule has 1 aliphatic rings. The lowest BCUT2D eigenvalue weighted by molar-refractivity contribution is 0.00578. The number of alkyl carbamates (subject to hydrolysis) is 1. The van der Waals surface area contributed by atoms with Crippen LogP contribution in [0.15, 0.2) is 23.7 Å². The second-order valence-corrected chi connectivity index (χ2v) is 9.42. The Kier molecular flexibility index (Phi) is 7.12. The number of methoxy groups -OCH3 is 1. The van der Waals surface area contributed by atoms with Crippen molar-refractivity contribution in [1.82, 2.24) is 5.32 Å². The van der Waals surface area contributed by atoms with Gasteiger partial charge in [-0.3, -0.25) is 0 Å². The molecule has 1 aliphatic heterocycles. The minimum atomic E-state index is -1.08. The van der Waals surface area contributed by atoms with E-state index in [4.69, 9.17) is 18.8 Å². The molecule has 1 aromatic carbocycles. The monoisotopic (exact) mass is 433 g/mol. The highest BCUT2D eigenvalue weighted by atomic mass is 16.7. The molecule has 1 fully saturated rings. The fourth-order valence-electron chi connectivity index (χ4n) is 2.87. The predicted octanol–water partition coefficient (Wildman–Crippen LogP) is 3.93. The Morgan fingerprint density at radius 3 is 2.23 bits per heavy atom. The molecule has 0 radical (unpaired) electrons. The third-order valence-electron chi connectivity index (χ3n) is 5.22. The van der Waals surface area contributed by atoms with Crippen LogP contribution in [0, 0.1) is 0 Å². The van der Waals surface area contributed by atoms with Gasteiger partial charge < -0.3 is 29.2 Å². The highest BCUT2D eigenvalue weighted by Gasteiger charge is 2.52. The standard InChI is InChI=1S/C22H32BNO7/c1-20(2,3)29-19(27)24-13-15(23-30-21(4,5)22(6,7)31-23)11-14-12-16(28-8)9-10-17(14)18(25)26/h9-12H,13H2,1-8H3,(H,24,27)(H,25,26). The number of hydrogen-bond acceptors (Lipinski definition) is 6. The Morgan fingerprint density at radius 1 is 1.16 bits per heavy atom. The molecule has 1 amide bonds. The Balaban J connectivity index is 2.43. The van der Waals surface area contributed by atoms with Gasteiger partial charge in [0.2, 0.25) is 0 Å². The molecule has 2 N–H and O–H groups in total.